The lowest BCUT2D eigenvalue weighted by molar-refractivity contribution is 0.459. The molecule has 0 saturated heterocycles. The molecule has 0 atom stereocenters. The number of anilines is 1. The van der Waals surface area contributed by atoms with E-state index in [-0.39, 0.29) is 0 Å². The molecule has 2 N–H and O–H groups in total. The van der Waals surface area contributed by atoms with E-state index < -0.39 is 0 Å². The molecule has 0 amide bonds. The molecule has 0 fully saturated rings. The topological polar surface area (TPSA) is 48.1 Å². The van der Waals surface area contributed by atoms with Gasteiger partial charge in [-0.1, -0.05) is 0 Å². The molecular formula is C13H13BrN2OS. The van der Waals surface area contributed by atoms with Gasteiger partial charge in [0.2, 0.25) is 5.88 Å². The van der Waals surface area contributed by atoms with Crippen molar-refractivity contribution < 1.29 is 4.74 Å². The number of benzene rings is 1. The molecule has 1 aromatic carbocycles. The molecule has 1 aromatic heterocycles. The lowest BCUT2D eigenvalue weighted by Crippen LogP contribution is -1.96. The fraction of sp³-hybridized carbons (Fsp3) is 0.154. The second kappa shape index (κ2) is 5.63. The molecular weight excluding hydrogens is 312 g/mol. The van der Waals surface area contributed by atoms with Gasteiger partial charge in [0.15, 0.2) is 0 Å². The smallest absolute Gasteiger partial charge is 0.233 e. The van der Waals surface area contributed by atoms with Gasteiger partial charge < -0.3 is 10.5 Å². The van der Waals surface area contributed by atoms with Crippen molar-refractivity contribution in [2.45, 2.75) is 11.8 Å². The van der Waals surface area contributed by atoms with Gasteiger partial charge in [-0.2, -0.15) is 0 Å². The summed E-state index contributed by atoms with van der Waals surface area (Å²) in [6, 6.07) is 7.87. The number of rotatable bonds is 3. The van der Waals surface area contributed by atoms with Crippen molar-refractivity contribution in [1.29, 1.82) is 0 Å². The van der Waals surface area contributed by atoms with Crippen molar-refractivity contribution in [3.05, 3.63) is 40.5 Å². The van der Waals surface area contributed by atoms with Crippen molar-refractivity contribution in [1.82, 2.24) is 4.98 Å². The highest BCUT2D eigenvalue weighted by atomic mass is 79.9. The maximum absolute atomic E-state index is 5.77. The summed E-state index contributed by atoms with van der Waals surface area (Å²) in [4.78, 5) is 5.37. The van der Waals surface area contributed by atoms with E-state index in [0.29, 0.717) is 11.6 Å². The van der Waals surface area contributed by atoms with Crippen LogP contribution in [0.3, 0.4) is 0 Å². The molecule has 0 unspecified atom stereocenters. The molecule has 0 bridgehead atoms. The summed E-state index contributed by atoms with van der Waals surface area (Å²) in [6.07, 6.45) is 3.64. The molecule has 0 saturated carbocycles. The van der Waals surface area contributed by atoms with Crippen LogP contribution in [-0.2, 0) is 0 Å². The van der Waals surface area contributed by atoms with Crippen molar-refractivity contribution in [2.75, 3.05) is 12.0 Å². The van der Waals surface area contributed by atoms with Crippen LogP contribution in [0.4, 0.5) is 5.69 Å². The minimum Gasteiger partial charge on any atom is -0.438 e. The maximum Gasteiger partial charge on any atom is 0.233 e. The second-order valence-electron chi connectivity index (χ2n) is 3.74. The number of thioether (sulfide) groups is 1. The zero-order chi connectivity index (χ0) is 13.1. The number of hydrogen-bond acceptors (Lipinski definition) is 4. The van der Waals surface area contributed by atoms with Crippen LogP contribution in [0.15, 0.2) is 39.8 Å². The van der Waals surface area contributed by atoms with Gasteiger partial charge in [-0.3, -0.25) is 0 Å². The van der Waals surface area contributed by atoms with Gasteiger partial charge in [-0.05, 0) is 58.9 Å². The predicted octanol–water partition coefficient (Wildman–Crippen LogP) is 4.25. The highest BCUT2D eigenvalue weighted by Gasteiger charge is 2.09. The number of pyridine rings is 1. The van der Waals surface area contributed by atoms with E-state index >= 15 is 0 Å². The van der Waals surface area contributed by atoms with Gasteiger partial charge in [0.05, 0.1) is 16.4 Å². The van der Waals surface area contributed by atoms with Crippen LogP contribution in [0.2, 0.25) is 0 Å². The first-order chi connectivity index (χ1) is 8.61. The molecule has 0 aliphatic heterocycles. The summed E-state index contributed by atoms with van der Waals surface area (Å²) in [5.74, 6) is 1.28. The average Bonchev–Trinajstić information content (AvgIpc) is 2.40. The van der Waals surface area contributed by atoms with Crippen molar-refractivity contribution >= 4 is 33.4 Å². The summed E-state index contributed by atoms with van der Waals surface area (Å²) in [5.41, 5.74) is 7.35. The molecule has 2 aromatic rings. The Morgan fingerprint density at radius 1 is 1.28 bits per heavy atom. The van der Waals surface area contributed by atoms with Gasteiger partial charge in [-0.15, -0.1) is 11.8 Å². The van der Waals surface area contributed by atoms with Crippen LogP contribution >= 0.6 is 27.7 Å². The summed E-state index contributed by atoms with van der Waals surface area (Å²) in [5, 5.41) is 0. The minimum absolute atomic E-state index is 0.526. The number of hydrogen-bond donors (Lipinski definition) is 1. The molecule has 3 nitrogen and oxygen atoms in total. The van der Waals surface area contributed by atoms with E-state index in [1.807, 2.05) is 37.4 Å². The van der Waals surface area contributed by atoms with E-state index in [0.717, 1.165) is 15.8 Å². The van der Waals surface area contributed by atoms with E-state index in [9.17, 15) is 0 Å². The number of aromatic nitrogens is 1. The number of nitrogens with two attached hydrogens (primary N) is 1. The van der Waals surface area contributed by atoms with Crippen LogP contribution in [0.5, 0.6) is 11.6 Å². The molecule has 2 rings (SSSR count). The lowest BCUT2D eigenvalue weighted by Gasteiger charge is -2.10. The van der Waals surface area contributed by atoms with Gasteiger partial charge in [0, 0.05) is 4.90 Å². The van der Waals surface area contributed by atoms with Crippen LogP contribution in [-0.4, -0.2) is 11.2 Å². The highest BCUT2D eigenvalue weighted by Crippen LogP contribution is 2.33. The summed E-state index contributed by atoms with van der Waals surface area (Å²) in [6.45, 7) is 1.92. The maximum atomic E-state index is 5.77. The minimum atomic E-state index is 0.526. The quantitative estimate of drug-likeness (QED) is 0.857. The SMILES string of the molecule is CSc1ccc(Oc2ncc(N)c(C)c2Br)cc1. The Hall–Kier alpha value is -1.20. The largest absolute Gasteiger partial charge is 0.438 e. The standard InChI is InChI=1S/C13H13BrN2OS/c1-8-11(15)7-16-13(12(8)14)17-9-3-5-10(18-2)6-4-9/h3-7H,15H2,1-2H3. The third-order valence-corrected chi connectivity index (χ3v) is 4.22. The molecule has 94 valence electrons. The number of nitrogens with zero attached hydrogens (tertiary/aromatic N) is 1. The van der Waals surface area contributed by atoms with Gasteiger partial charge in [0.25, 0.3) is 0 Å². The molecule has 0 radical (unpaired) electrons. The van der Waals surface area contributed by atoms with Gasteiger partial charge in [-0.25, -0.2) is 4.98 Å². The third kappa shape index (κ3) is 2.79. The Kier molecular flexibility index (Phi) is 4.14. The second-order valence-corrected chi connectivity index (χ2v) is 5.41. The summed E-state index contributed by atoms with van der Waals surface area (Å²) < 4.78 is 6.51. The van der Waals surface area contributed by atoms with Crippen LogP contribution < -0.4 is 10.5 Å². The molecule has 5 heteroatoms. The lowest BCUT2D eigenvalue weighted by atomic mass is 10.2. The Balaban J connectivity index is 2.25. The molecule has 1 heterocycles. The fourth-order valence-corrected chi connectivity index (χ4v) is 2.22. The summed E-state index contributed by atoms with van der Waals surface area (Å²) >= 11 is 5.14. The Labute approximate surface area is 119 Å². The van der Waals surface area contributed by atoms with E-state index in [1.165, 1.54) is 4.90 Å². The zero-order valence-corrected chi connectivity index (χ0v) is 12.5. The Morgan fingerprint density at radius 2 is 1.94 bits per heavy atom. The third-order valence-electron chi connectivity index (χ3n) is 2.54. The fourth-order valence-electron chi connectivity index (χ4n) is 1.40. The van der Waals surface area contributed by atoms with Gasteiger partial charge in [0.1, 0.15) is 5.75 Å². The zero-order valence-electron chi connectivity index (χ0n) is 10.1. The molecule has 18 heavy (non-hydrogen) atoms. The van der Waals surface area contributed by atoms with Crippen molar-refractivity contribution in [2.24, 2.45) is 0 Å². The van der Waals surface area contributed by atoms with E-state index in [1.54, 1.807) is 18.0 Å². The normalized spacial score (nSPS) is 10.4. The van der Waals surface area contributed by atoms with Crippen molar-refractivity contribution in [3.63, 3.8) is 0 Å². The average molecular weight is 325 g/mol. The number of ether oxygens (including phenoxy) is 1. The first-order valence-corrected chi connectivity index (χ1v) is 7.36. The van der Waals surface area contributed by atoms with E-state index in [4.69, 9.17) is 10.5 Å². The molecule has 0 spiro atoms. The molecule has 0 aliphatic carbocycles. The summed E-state index contributed by atoms with van der Waals surface area (Å²) in [7, 11) is 0. The number of halogens is 1. The van der Waals surface area contributed by atoms with E-state index in [2.05, 4.69) is 20.9 Å². The first-order valence-electron chi connectivity index (χ1n) is 5.34. The first kappa shape index (κ1) is 13.2. The van der Waals surface area contributed by atoms with Crippen LogP contribution in [0.1, 0.15) is 5.56 Å². The monoisotopic (exact) mass is 324 g/mol. The van der Waals surface area contributed by atoms with Gasteiger partial charge >= 0.3 is 0 Å². The number of nitrogen functional groups attached to an aromatic ring is 1. The highest BCUT2D eigenvalue weighted by molar-refractivity contribution is 9.10. The van der Waals surface area contributed by atoms with Crippen molar-refractivity contribution in [3.8, 4) is 11.6 Å². The Bertz CT molecular complexity index is 558. The van der Waals surface area contributed by atoms with Crippen LogP contribution in [0.25, 0.3) is 0 Å². The molecule has 0 aliphatic rings. The predicted molar refractivity (Wildman–Crippen MR) is 79.4 cm³/mol. The Morgan fingerprint density at radius 3 is 2.56 bits per heavy atom. The van der Waals surface area contributed by atoms with Crippen LogP contribution in [0, 0.1) is 6.92 Å².